The third kappa shape index (κ3) is 10.5. The highest BCUT2D eigenvalue weighted by molar-refractivity contribution is 8.13. The van der Waals surface area contributed by atoms with E-state index in [9.17, 15) is 24.5 Å². The first kappa shape index (κ1) is 25.2. The highest BCUT2D eigenvalue weighted by Gasteiger charge is 2.33. The molecule has 29 heavy (non-hydrogen) atoms. The van der Waals surface area contributed by atoms with E-state index in [0.29, 0.717) is 25.8 Å². The van der Waals surface area contributed by atoms with E-state index in [0.717, 1.165) is 43.9 Å². The van der Waals surface area contributed by atoms with Crippen molar-refractivity contribution in [2.45, 2.75) is 64.3 Å². The SMILES string of the molecule is CC(=O)N[C@@H](CSC(=O)CC1(CN)CCCCC1)C(=O)OCCCCO[N+](=O)[O-]. The van der Waals surface area contributed by atoms with Crippen molar-refractivity contribution in [1.29, 1.82) is 0 Å². The van der Waals surface area contributed by atoms with Crippen molar-refractivity contribution < 1.29 is 29.0 Å². The summed E-state index contributed by atoms with van der Waals surface area (Å²) in [6.07, 6.45) is 6.29. The lowest BCUT2D eigenvalue weighted by Crippen LogP contribution is -2.43. The predicted octanol–water partition coefficient (Wildman–Crippen LogP) is 1.58. The summed E-state index contributed by atoms with van der Waals surface area (Å²) in [7, 11) is 0. The molecule has 0 saturated heterocycles. The summed E-state index contributed by atoms with van der Waals surface area (Å²) >= 11 is 1.01. The summed E-state index contributed by atoms with van der Waals surface area (Å²) in [5.74, 6) is -0.950. The standard InChI is InChI=1S/C18H31N3O7S/c1-14(22)20-15(17(24)27-9-5-6-10-28-21(25)26)12-29-16(23)11-18(13-19)7-3-2-4-8-18/h15H,2-13,19H2,1H3,(H,20,22)/t15-/m0/s1. The van der Waals surface area contributed by atoms with Crippen molar-refractivity contribution in [3.63, 3.8) is 0 Å². The third-order valence-corrected chi connectivity index (χ3v) is 5.89. The Hall–Kier alpha value is -1.88. The molecular weight excluding hydrogens is 402 g/mol. The van der Waals surface area contributed by atoms with Crippen LogP contribution in [0.25, 0.3) is 0 Å². The van der Waals surface area contributed by atoms with Gasteiger partial charge in [0.05, 0.1) is 13.2 Å². The number of amides is 1. The predicted molar refractivity (Wildman–Crippen MR) is 107 cm³/mol. The zero-order valence-corrected chi connectivity index (χ0v) is 17.7. The molecule has 0 bridgehead atoms. The van der Waals surface area contributed by atoms with Crippen LogP contribution in [-0.4, -0.2) is 53.6 Å². The van der Waals surface area contributed by atoms with Crippen molar-refractivity contribution in [1.82, 2.24) is 5.32 Å². The maximum absolute atomic E-state index is 12.4. The van der Waals surface area contributed by atoms with Crippen LogP contribution >= 0.6 is 11.8 Å². The van der Waals surface area contributed by atoms with Crippen LogP contribution < -0.4 is 11.1 Å². The lowest BCUT2D eigenvalue weighted by Gasteiger charge is -2.35. The first-order valence-corrected chi connectivity index (χ1v) is 10.8. The van der Waals surface area contributed by atoms with Gasteiger partial charge in [-0.1, -0.05) is 31.0 Å². The van der Waals surface area contributed by atoms with E-state index < -0.39 is 23.0 Å². The Balaban J connectivity index is 2.42. The van der Waals surface area contributed by atoms with Crippen LogP contribution in [0.5, 0.6) is 0 Å². The molecule has 3 N–H and O–H groups in total. The van der Waals surface area contributed by atoms with Crippen LogP contribution in [0.15, 0.2) is 0 Å². The highest BCUT2D eigenvalue weighted by Crippen LogP contribution is 2.39. The summed E-state index contributed by atoms with van der Waals surface area (Å²) in [6, 6.07) is -0.934. The minimum absolute atomic E-state index is 0.0440. The summed E-state index contributed by atoms with van der Waals surface area (Å²) in [5.41, 5.74) is 5.77. The molecule has 10 nitrogen and oxygen atoms in total. The molecule has 1 aliphatic rings. The van der Waals surface area contributed by atoms with Gasteiger partial charge in [0.15, 0.2) is 5.12 Å². The maximum atomic E-state index is 12.4. The van der Waals surface area contributed by atoms with Gasteiger partial charge in [-0.25, -0.2) is 4.79 Å². The molecule has 0 spiro atoms. The lowest BCUT2D eigenvalue weighted by atomic mass is 9.72. The number of hydrogen-bond acceptors (Lipinski definition) is 9. The van der Waals surface area contributed by atoms with E-state index in [2.05, 4.69) is 10.2 Å². The molecule has 1 fully saturated rings. The molecular formula is C18H31N3O7S. The first-order valence-electron chi connectivity index (χ1n) is 9.85. The maximum Gasteiger partial charge on any atom is 0.329 e. The second-order valence-electron chi connectivity index (χ2n) is 7.31. The summed E-state index contributed by atoms with van der Waals surface area (Å²) in [6.45, 7) is 1.72. The monoisotopic (exact) mass is 433 g/mol. The van der Waals surface area contributed by atoms with Crippen molar-refractivity contribution in [3.05, 3.63) is 10.1 Å². The van der Waals surface area contributed by atoms with Gasteiger partial charge in [-0.3, -0.25) is 9.59 Å². The normalized spacial score (nSPS) is 16.5. The fourth-order valence-corrected chi connectivity index (χ4v) is 4.30. The van der Waals surface area contributed by atoms with Gasteiger partial charge in [-0.2, -0.15) is 0 Å². The molecule has 1 aliphatic carbocycles. The van der Waals surface area contributed by atoms with Crippen LogP contribution in [-0.2, 0) is 24.0 Å². The Kier molecular flexibility index (Phi) is 11.6. The zero-order valence-electron chi connectivity index (χ0n) is 16.9. The second kappa shape index (κ2) is 13.4. The summed E-state index contributed by atoms with van der Waals surface area (Å²) < 4.78 is 5.11. The van der Waals surface area contributed by atoms with Gasteiger partial charge in [0.2, 0.25) is 5.91 Å². The van der Waals surface area contributed by atoms with Gasteiger partial charge < -0.3 is 20.6 Å². The molecule has 1 atom stereocenters. The molecule has 0 heterocycles. The summed E-state index contributed by atoms with van der Waals surface area (Å²) in [5, 5.41) is 11.6. The molecule has 0 aromatic heterocycles. The van der Waals surface area contributed by atoms with E-state index in [-0.39, 0.29) is 29.5 Å². The largest absolute Gasteiger partial charge is 0.464 e. The minimum atomic E-state index is -0.934. The first-order chi connectivity index (χ1) is 13.8. The number of thioether (sulfide) groups is 1. The molecule has 0 radical (unpaired) electrons. The van der Waals surface area contributed by atoms with E-state index >= 15 is 0 Å². The topological polar surface area (TPSA) is 151 Å². The van der Waals surface area contributed by atoms with Crippen molar-refractivity contribution >= 4 is 28.8 Å². The molecule has 1 rings (SSSR count). The van der Waals surface area contributed by atoms with Crippen molar-refractivity contribution in [3.8, 4) is 0 Å². The quantitative estimate of drug-likeness (QED) is 0.191. The number of nitrogens with zero attached hydrogens (tertiary/aromatic N) is 1. The average molecular weight is 434 g/mol. The number of ether oxygens (including phenoxy) is 1. The van der Waals surface area contributed by atoms with Crippen LogP contribution in [0.1, 0.15) is 58.3 Å². The number of rotatable bonds is 13. The number of nitrogens with two attached hydrogens (primary N) is 1. The average Bonchev–Trinajstić information content (AvgIpc) is 2.67. The Morgan fingerprint density at radius 2 is 1.86 bits per heavy atom. The van der Waals surface area contributed by atoms with Gasteiger partial charge >= 0.3 is 5.97 Å². The van der Waals surface area contributed by atoms with Crippen LogP contribution in [0.4, 0.5) is 0 Å². The fraction of sp³-hybridized carbons (Fsp3) is 0.833. The molecule has 1 saturated carbocycles. The number of hydrogen-bond donors (Lipinski definition) is 2. The van der Waals surface area contributed by atoms with Gasteiger partial charge in [-0.05, 0) is 37.6 Å². The molecule has 0 aliphatic heterocycles. The molecule has 0 aromatic rings. The number of nitrogens with one attached hydrogen (secondary N) is 1. The molecule has 166 valence electrons. The Morgan fingerprint density at radius 1 is 1.21 bits per heavy atom. The van der Waals surface area contributed by atoms with Crippen LogP contribution in [0, 0.1) is 15.5 Å². The minimum Gasteiger partial charge on any atom is -0.464 e. The Bertz CT molecular complexity index is 568. The van der Waals surface area contributed by atoms with E-state index in [1.54, 1.807) is 0 Å². The fourth-order valence-electron chi connectivity index (χ4n) is 3.32. The van der Waals surface area contributed by atoms with Gasteiger partial charge in [0.25, 0.3) is 5.09 Å². The third-order valence-electron chi connectivity index (χ3n) is 4.92. The Morgan fingerprint density at radius 3 is 2.45 bits per heavy atom. The number of carbonyl (C=O) groups is 3. The Labute approximate surface area is 174 Å². The van der Waals surface area contributed by atoms with E-state index in [1.807, 2.05) is 0 Å². The van der Waals surface area contributed by atoms with Crippen molar-refractivity contribution in [2.75, 3.05) is 25.5 Å². The molecule has 1 amide bonds. The zero-order chi connectivity index (χ0) is 21.7. The van der Waals surface area contributed by atoms with Gasteiger partial charge in [0.1, 0.15) is 6.04 Å². The molecule has 0 unspecified atom stereocenters. The van der Waals surface area contributed by atoms with Crippen LogP contribution in [0.3, 0.4) is 0 Å². The van der Waals surface area contributed by atoms with E-state index in [4.69, 9.17) is 10.5 Å². The number of esters is 1. The second-order valence-corrected chi connectivity index (χ2v) is 8.39. The molecule has 11 heteroatoms. The van der Waals surface area contributed by atoms with Crippen LogP contribution in [0.2, 0.25) is 0 Å². The van der Waals surface area contributed by atoms with Gasteiger partial charge in [0, 0.05) is 19.1 Å². The smallest absolute Gasteiger partial charge is 0.329 e. The number of unbranched alkanes of at least 4 members (excludes halogenated alkanes) is 1. The molecule has 0 aromatic carbocycles. The van der Waals surface area contributed by atoms with E-state index in [1.165, 1.54) is 6.92 Å². The summed E-state index contributed by atoms with van der Waals surface area (Å²) in [4.78, 5) is 50.3. The van der Waals surface area contributed by atoms with Gasteiger partial charge in [-0.15, -0.1) is 10.1 Å². The number of carbonyl (C=O) groups excluding carboxylic acids is 3. The van der Waals surface area contributed by atoms with Crippen molar-refractivity contribution in [2.24, 2.45) is 11.1 Å². The lowest BCUT2D eigenvalue weighted by molar-refractivity contribution is -0.757. The highest BCUT2D eigenvalue weighted by atomic mass is 32.2.